The minimum Gasteiger partial charge on any atom is -0.381 e. The fraction of sp³-hybridized carbons (Fsp3) is 0.818. The first-order chi connectivity index (χ1) is 7.84. The van der Waals surface area contributed by atoms with Crippen LogP contribution in [-0.2, 0) is 17.7 Å². The Labute approximate surface area is 95.0 Å². The van der Waals surface area contributed by atoms with E-state index in [0.717, 1.165) is 57.1 Å². The van der Waals surface area contributed by atoms with Gasteiger partial charge in [-0.05, 0) is 19.3 Å². The van der Waals surface area contributed by atoms with Gasteiger partial charge in [0.25, 0.3) is 0 Å². The zero-order chi connectivity index (χ0) is 11.0. The third-order valence-corrected chi connectivity index (χ3v) is 3.54. The maximum atomic E-state index is 6.00. The molecule has 1 aromatic rings. The van der Waals surface area contributed by atoms with Gasteiger partial charge < -0.3 is 15.0 Å². The van der Waals surface area contributed by atoms with Crippen molar-refractivity contribution < 1.29 is 4.74 Å². The number of hydrogen-bond donors (Lipinski definition) is 1. The Balaban J connectivity index is 1.86. The number of nitrogens with two attached hydrogens (primary N) is 1. The Morgan fingerprint density at radius 1 is 1.31 bits per heavy atom. The maximum Gasteiger partial charge on any atom is 0.138 e. The van der Waals surface area contributed by atoms with Crippen molar-refractivity contribution in [3.8, 4) is 0 Å². The predicted octanol–water partition coefficient (Wildman–Crippen LogP) is 0.446. The van der Waals surface area contributed by atoms with E-state index in [0.29, 0.717) is 5.92 Å². The highest BCUT2D eigenvalue weighted by molar-refractivity contribution is 5.06. The van der Waals surface area contributed by atoms with E-state index in [2.05, 4.69) is 14.8 Å². The highest BCUT2D eigenvalue weighted by Gasteiger charge is 2.26. The van der Waals surface area contributed by atoms with Crippen LogP contribution in [0.2, 0.25) is 0 Å². The second-order valence-electron chi connectivity index (χ2n) is 4.80. The molecule has 5 nitrogen and oxygen atoms in total. The summed E-state index contributed by atoms with van der Waals surface area (Å²) in [6.45, 7) is 2.54. The second-order valence-corrected chi connectivity index (χ2v) is 4.80. The molecule has 2 aliphatic rings. The van der Waals surface area contributed by atoms with Crippen LogP contribution < -0.4 is 5.73 Å². The molecule has 16 heavy (non-hydrogen) atoms. The van der Waals surface area contributed by atoms with E-state index in [1.165, 1.54) is 0 Å². The minimum absolute atomic E-state index is 0.256. The highest BCUT2D eigenvalue weighted by Crippen LogP contribution is 2.26. The van der Waals surface area contributed by atoms with Crippen molar-refractivity contribution in [3.63, 3.8) is 0 Å². The molecule has 1 aromatic heterocycles. The van der Waals surface area contributed by atoms with Crippen LogP contribution in [0.1, 0.15) is 36.8 Å². The summed E-state index contributed by atoms with van der Waals surface area (Å²) in [6.07, 6.45) is 4.27. The summed E-state index contributed by atoms with van der Waals surface area (Å²) in [4.78, 5) is 0. The number of ether oxygens (including phenoxy) is 1. The van der Waals surface area contributed by atoms with Gasteiger partial charge in [-0.15, -0.1) is 10.2 Å². The van der Waals surface area contributed by atoms with Crippen LogP contribution in [0.15, 0.2) is 0 Å². The van der Waals surface area contributed by atoms with Gasteiger partial charge in [0.15, 0.2) is 0 Å². The second kappa shape index (κ2) is 4.14. The summed E-state index contributed by atoms with van der Waals surface area (Å²) in [5.74, 6) is 2.60. The number of aromatic nitrogens is 3. The van der Waals surface area contributed by atoms with Gasteiger partial charge in [0.2, 0.25) is 0 Å². The largest absolute Gasteiger partial charge is 0.381 e. The smallest absolute Gasteiger partial charge is 0.138 e. The van der Waals surface area contributed by atoms with E-state index in [1.54, 1.807) is 0 Å². The molecular formula is C11H18N4O. The molecule has 3 heterocycles. The molecule has 0 aromatic carbocycles. The first kappa shape index (κ1) is 10.2. The van der Waals surface area contributed by atoms with Crippen LogP contribution in [0, 0.1) is 0 Å². The van der Waals surface area contributed by atoms with E-state index in [-0.39, 0.29) is 6.04 Å². The molecule has 1 fully saturated rings. The van der Waals surface area contributed by atoms with E-state index >= 15 is 0 Å². The van der Waals surface area contributed by atoms with E-state index < -0.39 is 0 Å². The summed E-state index contributed by atoms with van der Waals surface area (Å²) in [7, 11) is 0. The van der Waals surface area contributed by atoms with E-state index in [1.807, 2.05) is 0 Å². The molecule has 1 saturated heterocycles. The first-order valence-corrected chi connectivity index (χ1v) is 6.10. The molecule has 0 radical (unpaired) electrons. The van der Waals surface area contributed by atoms with Crippen LogP contribution in [0.25, 0.3) is 0 Å². The molecule has 2 unspecified atom stereocenters. The van der Waals surface area contributed by atoms with Crippen molar-refractivity contribution in [1.29, 1.82) is 0 Å². The van der Waals surface area contributed by atoms with Crippen LogP contribution in [0.3, 0.4) is 0 Å². The fourth-order valence-electron chi connectivity index (χ4n) is 2.62. The molecule has 0 bridgehead atoms. The molecule has 3 rings (SSSR count). The number of nitrogens with zero attached hydrogens (tertiary/aromatic N) is 3. The average Bonchev–Trinajstić information content (AvgIpc) is 2.73. The van der Waals surface area contributed by atoms with Gasteiger partial charge in [-0.1, -0.05) is 0 Å². The molecule has 88 valence electrons. The van der Waals surface area contributed by atoms with Crippen molar-refractivity contribution >= 4 is 0 Å². The van der Waals surface area contributed by atoms with Gasteiger partial charge in [-0.25, -0.2) is 0 Å². The monoisotopic (exact) mass is 222 g/mol. The Kier molecular flexibility index (Phi) is 2.65. The van der Waals surface area contributed by atoms with E-state index in [4.69, 9.17) is 10.5 Å². The Morgan fingerprint density at radius 2 is 2.25 bits per heavy atom. The zero-order valence-corrected chi connectivity index (χ0v) is 9.43. The summed E-state index contributed by atoms with van der Waals surface area (Å²) >= 11 is 0. The van der Waals surface area contributed by atoms with Crippen molar-refractivity contribution in [3.05, 3.63) is 11.6 Å². The lowest BCUT2D eigenvalue weighted by Crippen LogP contribution is -2.33. The molecular weight excluding hydrogens is 204 g/mol. The highest BCUT2D eigenvalue weighted by atomic mass is 16.5. The molecule has 2 aliphatic heterocycles. The Morgan fingerprint density at radius 3 is 3.06 bits per heavy atom. The first-order valence-electron chi connectivity index (χ1n) is 6.10. The van der Waals surface area contributed by atoms with Crippen LogP contribution in [0.4, 0.5) is 0 Å². The lowest BCUT2D eigenvalue weighted by Gasteiger charge is -2.25. The molecule has 5 heteroatoms. The predicted molar refractivity (Wildman–Crippen MR) is 59.1 cm³/mol. The topological polar surface area (TPSA) is 66.0 Å². The molecule has 0 amide bonds. The van der Waals surface area contributed by atoms with Gasteiger partial charge in [-0.3, -0.25) is 0 Å². The normalized spacial score (nSPS) is 30.1. The van der Waals surface area contributed by atoms with Gasteiger partial charge in [-0.2, -0.15) is 0 Å². The Bertz CT molecular complexity index is 370. The van der Waals surface area contributed by atoms with Crippen LogP contribution >= 0.6 is 0 Å². The van der Waals surface area contributed by atoms with Gasteiger partial charge in [0, 0.05) is 31.5 Å². The molecule has 0 spiro atoms. The zero-order valence-electron chi connectivity index (χ0n) is 9.43. The lowest BCUT2D eigenvalue weighted by atomic mass is 10.0. The quantitative estimate of drug-likeness (QED) is 0.749. The van der Waals surface area contributed by atoms with Crippen LogP contribution in [-0.4, -0.2) is 34.0 Å². The van der Waals surface area contributed by atoms with Crippen LogP contribution in [0.5, 0.6) is 0 Å². The number of hydrogen-bond acceptors (Lipinski definition) is 4. The molecule has 0 saturated carbocycles. The van der Waals surface area contributed by atoms with Crippen molar-refractivity contribution in [1.82, 2.24) is 14.8 Å². The average molecular weight is 222 g/mol. The maximum absolute atomic E-state index is 6.00. The number of aryl methyl sites for hydroxylation is 1. The molecule has 2 atom stereocenters. The number of rotatable bonds is 1. The third-order valence-electron chi connectivity index (χ3n) is 3.54. The fourth-order valence-corrected chi connectivity index (χ4v) is 2.62. The van der Waals surface area contributed by atoms with Crippen molar-refractivity contribution in [2.45, 2.75) is 44.2 Å². The number of fused-ring (bicyclic) bond motifs is 1. The van der Waals surface area contributed by atoms with Gasteiger partial charge in [0.05, 0.1) is 6.61 Å². The van der Waals surface area contributed by atoms with Gasteiger partial charge in [0.1, 0.15) is 11.6 Å². The third kappa shape index (κ3) is 1.74. The summed E-state index contributed by atoms with van der Waals surface area (Å²) < 4.78 is 7.73. The summed E-state index contributed by atoms with van der Waals surface area (Å²) in [5.41, 5.74) is 6.00. The van der Waals surface area contributed by atoms with E-state index in [9.17, 15) is 0 Å². The van der Waals surface area contributed by atoms with Crippen molar-refractivity contribution in [2.75, 3.05) is 13.2 Å². The standard InChI is InChI=1S/C11H18N4O/c12-9-3-4-10-13-14-11(15(10)6-9)8-2-1-5-16-7-8/h8-9H,1-7,12H2. The molecule has 2 N–H and O–H groups in total. The summed E-state index contributed by atoms with van der Waals surface area (Å²) in [5, 5.41) is 8.60. The summed E-state index contributed by atoms with van der Waals surface area (Å²) in [6, 6.07) is 0.256. The lowest BCUT2D eigenvalue weighted by molar-refractivity contribution is 0.0766. The molecule has 0 aliphatic carbocycles. The van der Waals surface area contributed by atoms with Gasteiger partial charge >= 0.3 is 0 Å². The Hall–Kier alpha value is -0.940. The SMILES string of the molecule is NC1CCc2nnc(C3CCCOC3)n2C1. The van der Waals surface area contributed by atoms with Crippen molar-refractivity contribution in [2.24, 2.45) is 5.73 Å². The minimum atomic E-state index is 0.256.